The molecule has 0 amide bonds. The van der Waals surface area contributed by atoms with Crippen molar-refractivity contribution in [1.82, 2.24) is 0 Å². The molecule has 0 rings (SSSR count). The summed E-state index contributed by atoms with van der Waals surface area (Å²) < 4.78 is 0. The Hall–Kier alpha value is 0.631. The van der Waals surface area contributed by atoms with Gasteiger partial charge in [0.25, 0.3) is 0 Å². The summed E-state index contributed by atoms with van der Waals surface area (Å²) >= 11 is 0. The van der Waals surface area contributed by atoms with Crippen molar-refractivity contribution < 1.29 is 27.4 Å². The first-order valence-electron chi connectivity index (χ1n) is 0. The molecule has 0 radical (unpaired) electrons. The number of hydrogen-bond acceptors (Lipinski definition) is 5. The standard InChI is InChI=1S/B.Mg.5H2O/h;;5*1H2/q+3;+2;;;;;/p-5. The molecule has 40 valence electrons. The first kappa shape index (κ1) is 842. The van der Waals surface area contributed by atoms with Gasteiger partial charge in [0.05, 0.1) is 0 Å². The zero-order chi connectivity index (χ0) is 0. The van der Waals surface area contributed by atoms with Crippen LogP contribution in [0, 0.1) is 0 Å². The summed E-state index contributed by atoms with van der Waals surface area (Å²) in [6, 6.07) is 0. The molecule has 5 N–H and O–H groups in total. The predicted molar refractivity (Wildman–Crippen MR) is 21.2 cm³/mol. The van der Waals surface area contributed by atoms with E-state index in [-0.39, 0.29) is 58.8 Å². The van der Waals surface area contributed by atoms with Crippen molar-refractivity contribution >= 4 is 31.5 Å². The summed E-state index contributed by atoms with van der Waals surface area (Å²) in [7, 11) is 0. The average molecular weight is 120 g/mol. The van der Waals surface area contributed by atoms with Gasteiger partial charge in [-0.1, -0.05) is 0 Å². The fourth-order valence-corrected chi connectivity index (χ4v) is 0. The van der Waals surface area contributed by atoms with Crippen molar-refractivity contribution in [2.45, 2.75) is 0 Å². The van der Waals surface area contributed by atoms with Crippen LogP contribution in [0.4, 0.5) is 0 Å². The van der Waals surface area contributed by atoms with Crippen LogP contribution in [0.2, 0.25) is 0 Å². The van der Waals surface area contributed by atoms with E-state index < -0.39 is 0 Å². The molecule has 0 fully saturated rings. The summed E-state index contributed by atoms with van der Waals surface area (Å²) in [6.07, 6.45) is 0. The van der Waals surface area contributed by atoms with Gasteiger partial charge in [0.15, 0.2) is 0 Å². The fourth-order valence-electron chi connectivity index (χ4n) is 0. The normalized spacial score (nSPS) is 0. The van der Waals surface area contributed by atoms with E-state index in [1.807, 2.05) is 0 Å². The minimum absolute atomic E-state index is 0. The van der Waals surface area contributed by atoms with E-state index in [9.17, 15) is 0 Å². The van der Waals surface area contributed by atoms with Crippen LogP contribution in [0.5, 0.6) is 0 Å². The van der Waals surface area contributed by atoms with E-state index in [1.54, 1.807) is 0 Å². The first-order valence-corrected chi connectivity index (χ1v) is 0. The van der Waals surface area contributed by atoms with Gasteiger partial charge in [0.2, 0.25) is 0 Å². The second-order valence-corrected chi connectivity index (χ2v) is 0. The van der Waals surface area contributed by atoms with Crippen molar-refractivity contribution in [3.8, 4) is 0 Å². The molecule has 0 aromatic carbocycles. The van der Waals surface area contributed by atoms with Crippen molar-refractivity contribution in [2.24, 2.45) is 0 Å². The van der Waals surface area contributed by atoms with Gasteiger partial charge in [0.1, 0.15) is 0 Å². The zero-order valence-electron chi connectivity index (χ0n) is 3.52. The summed E-state index contributed by atoms with van der Waals surface area (Å²) in [5.41, 5.74) is 0. The Kier molecular flexibility index (Phi) is 63500. The van der Waals surface area contributed by atoms with Gasteiger partial charge in [-0.25, -0.2) is 0 Å². The van der Waals surface area contributed by atoms with E-state index in [1.165, 1.54) is 0 Å². The molecule has 0 spiro atoms. The molecule has 0 heterocycles. The largest absolute Gasteiger partial charge is 3.00 e. The van der Waals surface area contributed by atoms with Crippen LogP contribution in [0.3, 0.4) is 0 Å². The van der Waals surface area contributed by atoms with Crippen LogP contribution in [-0.2, 0) is 0 Å². The Morgan fingerprint density at radius 1 is 0.429 bits per heavy atom. The molecular formula is H5BMgO5. The molecule has 0 aliphatic carbocycles. The van der Waals surface area contributed by atoms with E-state index in [2.05, 4.69) is 0 Å². The molecule has 0 saturated heterocycles. The van der Waals surface area contributed by atoms with Gasteiger partial charge in [-0.05, 0) is 0 Å². The molecule has 0 bridgehead atoms. The molecule has 0 aromatic rings. The third-order valence-electron chi connectivity index (χ3n) is 0. The maximum Gasteiger partial charge on any atom is 3.00 e. The van der Waals surface area contributed by atoms with E-state index in [0.717, 1.165) is 0 Å². The molecule has 5 nitrogen and oxygen atoms in total. The zero-order valence-corrected chi connectivity index (χ0v) is 4.93. The molecule has 0 aliphatic heterocycles. The Labute approximate surface area is 59.4 Å². The summed E-state index contributed by atoms with van der Waals surface area (Å²) in [4.78, 5) is 0. The second kappa shape index (κ2) is 528. The first-order chi connectivity index (χ1) is 0. The smallest absolute Gasteiger partial charge is 0.870 e. The van der Waals surface area contributed by atoms with Crippen molar-refractivity contribution in [1.29, 1.82) is 0 Å². The topological polar surface area (TPSA) is 150 Å². The molecule has 0 atom stereocenters. The van der Waals surface area contributed by atoms with Crippen LogP contribution in [0.15, 0.2) is 0 Å². The van der Waals surface area contributed by atoms with Crippen LogP contribution in [0.25, 0.3) is 0 Å². The minimum atomic E-state index is 0. The predicted octanol–water partition coefficient (Wildman–Crippen LogP) is -1.65. The third kappa shape index (κ3) is 357. The summed E-state index contributed by atoms with van der Waals surface area (Å²) in [5, 5.41) is 0. The SMILES string of the molecule is [B+3].[Mg+2].[OH-].[OH-].[OH-].[OH-].[OH-]. The Bertz CT molecular complexity index is 8.04. The quantitative estimate of drug-likeness (QED) is 0.351. The van der Waals surface area contributed by atoms with Gasteiger partial charge in [-0.3, -0.25) is 0 Å². The van der Waals surface area contributed by atoms with Gasteiger partial charge in [-0.15, -0.1) is 0 Å². The van der Waals surface area contributed by atoms with Crippen molar-refractivity contribution in [3.05, 3.63) is 0 Å². The fraction of sp³-hybridized carbons (Fsp3) is 0. The Morgan fingerprint density at radius 3 is 0.429 bits per heavy atom. The number of rotatable bonds is 0. The molecular weight excluding hydrogens is 115 g/mol. The monoisotopic (exact) mass is 120 g/mol. The van der Waals surface area contributed by atoms with Crippen LogP contribution in [-0.4, -0.2) is 58.8 Å². The second-order valence-electron chi connectivity index (χ2n) is 0. The maximum absolute atomic E-state index is 0. The van der Waals surface area contributed by atoms with Crippen molar-refractivity contribution in [3.63, 3.8) is 0 Å². The van der Waals surface area contributed by atoms with Gasteiger partial charge < -0.3 is 27.4 Å². The van der Waals surface area contributed by atoms with Crippen molar-refractivity contribution in [2.75, 3.05) is 0 Å². The number of hydrogen-bond donors (Lipinski definition) is 0. The molecule has 0 unspecified atom stereocenters. The van der Waals surface area contributed by atoms with E-state index in [0.29, 0.717) is 0 Å². The Balaban J connectivity index is 0. The van der Waals surface area contributed by atoms with E-state index >= 15 is 0 Å². The molecule has 7 heteroatoms. The molecule has 0 aromatic heterocycles. The summed E-state index contributed by atoms with van der Waals surface area (Å²) in [6.45, 7) is 0. The van der Waals surface area contributed by atoms with Gasteiger partial charge in [-0.2, -0.15) is 0 Å². The summed E-state index contributed by atoms with van der Waals surface area (Å²) in [5.74, 6) is 0. The molecule has 0 aliphatic rings. The molecule has 7 heavy (non-hydrogen) atoms. The third-order valence-corrected chi connectivity index (χ3v) is 0. The van der Waals surface area contributed by atoms with Crippen LogP contribution < -0.4 is 0 Å². The minimum Gasteiger partial charge on any atom is -0.870 e. The average Bonchev–Trinajstić information content (AvgIpc) is 0. The molecule has 0 saturated carbocycles. The van der Waals surface area contributed by atoms with Crippen LogP contribution in [0.1, 0.15) is 0 Å². The van der Waals surface area contributed by atoms with Crippen LogP contribution >= 0.6 is 0 Å². The van der Waals surface area contributed by atoms with Gasteiger partial charge in [0, 0.05) is 0 Å². The Morgan fingerprint density at radius 2 is 0.429 bits per heavy atom. The maximum atomic E-state index is 0. The van der Waals surface area contributed by atoms with Gasteiger partial charge >= 0.3 is 31.5 Å². The van der Waals surface area contributed by atoms with E-state index in [4.69, 9.17) is 0 Å².